The van der Waals surface area contributed by atoms with E-state index in [1.54, 1.807) is 53.6 Å². The molecule has 0 aliphatic carbocycles. The fourth-order valence-corrected chi connectivity index (χ4v) is 3.47. The monoisotopic (exact) mass is 522 g/mol. The lowest BCUT2D eigenvalue weighted by Crippen LogP contribution is -2.15. The Bertz CT molecular complexity index is 938. The zero-order valence-electron chi connectivity index (χ0n) is 22.6. The Morgan fingerprint density at radius 2 is 1.22 bits per heavy atom. The molecule has 0 aliphatic heterocycles. The van der Waals surface area contributed by atoms with Crippen LogP contribution in [0.15, 0.2) is 36.4 Å². The third-order valence-corrected chi connectivity index (χ3v) is 5.70. The lowest BCUT2D eigenvalue weighted by molar-refractivity contribution is -0.143. The van der Waals surface area contributed by atoms with Gasteiger partial charge in [0.15, 0.2) is 0 Å². The van der Waals surface area contributed by atoms with Crippen molar-refractivity contribution in [2.24, 2.45) is 0 Å². The molecule has 0 aliphatic rings. The minimum Gasteiger partial charge on any atom is -0.497 e. The molecule has 36 heavy (non-hydrogen) atoms. The SMILES string of the molecule is CCOC(=O)CC(CC(=O)CCl)c1cc(OC)cc(OC)c1.COc1cc(OC)cc(C(C)(C)C)c1. The number of carbonyl (C=O) groups is 2. The molecule has 0 spiro atoms. The molecule has 2 aromatic carbocycles. The number of halogens is 1. The fraction of sp³-hybridized carbons (Fsp3) is 0.500. The Labute approximate surface area is 220 Å². The highest BCUT2D eigenvalue weighted by Crippen LogP contribution is 2.32. The van der Waals surface area contributed by atoms with Gasteiger partial charge in [-0.15, -0.1) is 11.6 Å². The molecular formula is C28H39ClO7. The van der Waals surface area contributed by atoms with Crippen LogP contribution in [0.3, 0.4) is 0 Å². The molecule has 1 atom stereocenters. The van der Waals surface area contributed by atoms with Crippen molar-refractivity contribution in [3.8, 4) is 23.0 Å². The van der Waals surface area contributed by atoms with E-state index in [0.29, 0.717) is 18.1 Å². The van der Waals surface area contributed by atoms with Crippen LogP contribution < -0.4 is 18.9 Å². The largest absolute Gasteiger partial charge is 0.497 e. The average Bonchev–Trinajstić information content (AvgIpc) is 2.87. The van der Waals surface area contributed by atoms with Crippen molar-refractivity contribution in [2.75, 3.05) is 40.9 Å². The van der Waals surface area contributed by atoms with Gasteiger partial charge in [-0.3, -0.25) is 9.59 Å². The van der Waals surface area contributed by atoms with Gasteiger partial charge in [-0.05, 0) is 47.7 Å². The zero-order chi connectivity index (χ0) is 27.3. The summed E-state index contributed by atoms with van der Waals surface area (Å²) in [6.45, 7) is 8.55. The van der Waals surface area contributed by atoms with Crippen LogP contribution in [0.5, 0.6) is 23.0 Å². The summed E-state index contributed by atoms with van der Waals surface area (Å²) in [6, 6.07) is 11.3. The quantitative estimate of drug-likeness (QED) is 0.267. The lowest BCUT2D eigenvalue weighted by Gasteiger charge is -2.20. The summed E-state index contributed by atoms with van der Waals surface area (Å²) in [5.41, 5.74) is 2.11. The third kappa shape index (κ3) is 10.4. The molecule has 0 N–H and O–H groups in total. The second-order valence-electron chi connectivity index (χ2n) is 9.08. The van der Waals surface area contributed by atoms with E-state index in [2.05, 4.69) is 20.8 Å². The molecule has 0 fully saturated rings. The Morgan fingerprint density at radius 1 is 0.778 bits per heavy atom. The van der Waals surface area contributed by atoms with Crippen molar-refractivity contribution >= 4 is 23.4 Å². The molecule has 7 nitrogen and oxygen atoms in total. The molecule has 200 valence electrons. The summed E-state index contributed by atoms with van der Waals surface area (Å²) in [5.74, 6) is 2.00. The zero-order valence-corrected chi connectivity index (χ0v) is 23.4. The first-order valence-corrected chi connectivity index (χ1v) is 12.2. The number of hydrogen-bond acceptors (Lipinski definition) is 7. The first kappa shape index (κ1) is 31.1. The van der Waals surface area contributed by atoms with Crippen molar-refractivity contribution in [3.05, 3.63) is 47.5 Å². The molecule has 0 aromatic heterocycles. The predicted octanol–water partition coefficient (Wildman–Crippen LogP) is 5.94. The Morgan fingerprint density at radius 3 is 1.58 bits per heavy atom. The number of methoxy groups -OCH3 is 4. The van der Waals surface area contributed by atoms with Crippen LogP contribution in [0.1, 0.15) is 57.6 Å². The summed E-state index contributed by atoms with van der Waals surface area (Å²) >= 11 is 5.58. The average molecular weight is 523 g/mol. The molecule has 0 amide bonds. The Balaban J connectivity index is 0.000000397. The van der Waals surface area contributed by atoms with Crippen LogP contribution >= 0.6 is 11.6 Å². The number of esters is 1. The van der Waals surface area contributed by atoms with Gasteiger partial charge >= 0.3 is 5.97 Å². The van der Waals surface area contributed by atoms with Crippen LogP contribution in [0, 0.1) is 0 Å². The maximum absolute atomic E-state index is 11.8. The van der Waals surface area contributed by atoms with E-state index in [1.165, 1.54) is 5.56 Å². The number of Topliss-reactive ketones (excluding diaryl/α,β-unsaturated/α-hetero) is 1. The normalized spacial score (nSPS) is 11.5. The maximum atomic E-state index is 11.8. The van der Waals surface area contributed by atoms with Crippen LogP contribution in [0.2, 0.25) is 0 Å². The summed E-state index contributed by atoms with van der Waals surface area (Å²) in [4.78, 5) is 23.5. The van der Waals surface area contributed by atoms with Gasteiger partial charge in [0, 0.05) is 24.5 Å². The van der Waals surface area contributed by atoms with Gasteiger partial charge in [0.2, 0.25) is 0 Å². The summed E-state index contributed by atoms with van der Waals surface area (Å²) in [7, 11) is 6.42. The van der Waals surface area contributed by atoms with E-state index in [9.17, 15) is 9.59 Å². The number of benzene rings is 2. The standard InChI is InChI=1S/C16H21ClO5.C12H18O2/c1-4-22-16(19)8-11(5-13(18)10-17)12-6-14(20-2)9-15(7-12)21-3;1-12(2,3)9-6-10(13-4)8-11(7-9)14-5/h6-7,9,11H,4-5,8,10H2,1-3H3;6-8H,1-5H3. The van der Waals surface area contributed by atoms with Gasteiger partial charge in [0.05, 0.1) is 47.3 Å². The van der Waals surface area contributed by atoms with E-state index in [1.807, 2.05) is 18.2 Å². The van der Waals surface area contributed by atoms with E-state index in [0.717, 1.165) is 17.1 Å². The number of ether oxygens (including phenoxy) is 5. The maximum Gasteiger partial charge on any atom is 0.306 e. The molecule has 2 rings (SSSR count). The van der Waals surface area contributed by atoms with Crippen LogP contribution in [0.25, 0.3) is 0 Å². The van der Waals surface area contributed by atoms with E-state index in [-0.39, 0.29) is 41.8 Å². The second-order valence-corrected chi connectivity index (χ2v) is 9.35. The van der Waals surface area contributed by atoms with Crippen LogP contribution in [-0.2, 0) is 19.7 Å². The second kappa shape index (κ2) is 15.2. The van der Waals surface area contributed by atoms with Crippen molar-refractivity contribution in [2.45, 2.75) is 51.9 Å². The van der Waals surface area contributed by atoms with Gasteiger partial charge in [0.1, 0.15) is 28.8 Å². The first-order valence-electron chi connectivity index (χ1n) is 11.7. The van der Waals surface area contributed by atoms with Crippen LogP contribution in [-0.4, -0.2) is 52.7 Å². The van der Waals surface area contributed by atoms with Gasteiger partial charge in [-0.2, -0.15) is 0 Å². The summed E-state index contributed by atoms with van der Waals surface area (Å²) in [5, 5.41) is 0. The smallest absolute Gasteiger partial charge is 0.306 e. The Kier molecular flexibility index (Phi) is 13.2. The topological polar surface area (TPSA) is 80.3 Å². The molecule has 0 saturated heterocycles. The van der Waals surface area contributed by atoms with Gasteiger partial charge in [0.25, 0.3) is 0 Å². The van der Waals surface area contributed by atoms with Gasteiger partial charge < -0.3 is 23.7 Å². The van der Waals surface area contributed by atoms with E-state index in [4.69, 9.17) is 35.3 Å². The molecule has 0 heterocycles. The number of carbonyl (C=O) groups excluding carboxylic acids is 2. The lowest BCUT2D eigenvalue weighted by atomic mass is 9.87. The number of rotatable bonds is 11. The molecule has 0 bridgehead atoms. The molecule has 1 unspecified atom stereocenters. The number of alkyl halides is 1. The molecule has 2 aromatic rings. The van der Waals surface area contributed by atoms with Crippen LogP contribution in [0.4, 0.5) is 0 Å². The summed E-state index contributed by atoms with van der Waals surface area (Å²) in [6.07, 6.45) is 0.269. The fourth-order valence-electron chi connectivity index (χ4n) is 3.36. The van der Waals surface area contributed by atoms with Crippen molar-refractivity contribution in [1.82, 2.24) is 0 Å². The molecule has 8 heteroatoms. The first-order chi connectivity index (χ1) is 17.0. The Hall–Kier alpha value is -2.93. The predicted molar refractivity (Wildman–Crippen MR) is 142 cm³/mol. The van der Waals surface area contributed by atoms with Crippen molar-refractivity contribution < 1.29 is 33.3 Å². The van der Waals surface area contributed by atoms with E-state index >= 15 is 0 Å². The highest BCUT2D eigenvalue weighted by Gasteiger charge is 2.21. The van der Waals surface area contributed by atoms with Crippen molar-refractivity contribution in [3.63, 3.8) is 0 Å². The molecular weight excluding hydrogens is 484 g/mol. The van der Waals surface area contributed by atoms with E-state index < -0.39 is 0 Å². The highest BCUT2D eigenvalue weighted by molar-refractivity contribution is 6.27. The third-order valence-electron chi connectivity index (χ3n) is 5.40. The van der Waals surface area contributed by atoms with Gasteiger partial charge in [-0.1, -0.05) is 20.8 Å². The number of hydrogen-bond donors (Lipinski definition) is 0. The molecule has 0 radical (unpaired) electrons. The van der Waals surface area contributed by atoms with Crippen molar-refractivity contribution in [1.29, 1.82) is 0 Å². The number of ketones is 1. The minimum absolute atomic E-state index is 0.0829. The minimum atomic E-state index is -0.350. The highest BCUT2D eigenvalue weighted by atomic mass is 35.5. The summed E-state index contributed by atoms with van der Waals surface area (Å²) < 4.78 is 25.8. The van der Waals surface area contributed by atoms with Gasteiger partial charge in [-0.25, -0.2) is 0 Å². The molecule has 0 saturated carbocycles.